The molecule has 0 bridgehead atoms. The number of ether oxygens (including phenoxy) is 1. The predicted molar refractivity (Wildman–Crippen MR) is 121 cm³/mol. The van der Waals surface area contributed by atoms with Gasteiger partial charge in [0.15, 0.2) is 5.17 Å². The minimum absolute atomic E-state index is 0.109. The molecule has 0 radical (unpaired) electrons. The third-order valence-corrected chi connectivity index (χ3v) is 6.00. The maximum absolute atomic E-state index is 12.7. The Hall–Kier alpha value is -2.80. The number of benzene rings is 1. The number of thioether (sulfide) groups is 1. The minimum Gasteiger partial charge on any atom is -0.466 e. The molecule has 0 saturated carbocycles. The summed E-state index contributed by atoms with van der Waals surface area (Å²) in [5, 5.41) is 5.49. The van der Waals surface area contributed by atoms with Crippen molar-refractivity contribution in [2.75, 3.05) is 13.7 Å². The standard InChI is InChI=1S/C23H27N3O3S/c1-6-11-24-19(27)12-18-13-30-23-25-15(4)20(22(28)29-5)21(26(18)23)17-9-7-16(8-10-17)14(2)3/h6-10,13-14,21H,1,11-12H2,2-5H3,(H,24,27)/t21-/m1/s1. The van der Waals surface area contributed by atoms with E-state index in [-0.39, 0.29) is 12.3 Å². The van der Waals surface area contributed by atoms with E-state index in [0.29, 0.717) is 23.7 Å². The molecule has 1 amide bonds. The van der Waals surface area contributed by atoms with Crippen molar-refractivity contribution in [2.24, 2.45) is 4.99 Å². The molecule has 1 aromatic rings. The number of nitrogens with one attached hydrogen (secondary N) is 1. The molecule has 0 aromatic heterocycles. The monoisotopic (exact) mass is 425 g/mol. The zero-order valence-corrected chi connectivity index (χ0v) is 18.6. The van der Waals surface area contributed by atoms with Crippen LogP contribution in [-0.2, 0) is 14.3 Å². The smallest absolute Gasteiger partial charge is 0.338 e. The average Bonchev–Trinajstić information content (AvgIpc) is 3.12. The molecule has 0 aliphatic carbocycles. The molecule has 0 unspecified atom stereocenters. The van der Waals surface area contributed by atoms with Gasteiger partial charge in [-0.2, -0.15) is 0 Å². The Labute approximate surface area is 181 Å². The molecule has 2 heterocycles. The van der Waals surface area contributed by atoms with Gasteiger partial charge in [-0.15, -0.1) is 6.58 Å². The Kier molecular flexibility index (Phi) is 6.82. The lowest BCUT2D eigenvalue weighted by Gasteiger charge is -2.36. The Morgan fingerprint density at radius 3 is 2.63 bits per heavy atom. The number of amides is 1. The van der Waals surface area contributed by atoms with Gasteiger partial charge in [-0.25, -0.2) is 9.79 Å². The normalized spacial score (nSPS) is 18.0. The van der Waals surface area contributed by atoms with E-state index in [1.165, 1.54) is 24.4 Å². The average molecular weight is 426 g/mol. The zero-order valence-electron chi connectivity index (χ0n) is 17.8. The van der Waals surface area contributed by atoms with Crippen molar-refractivity contribution >= 4 is 28.8 Å². The van der Waals surface area contributed by atoms with Gasteiger partial charge < -0.3 is 15.0 Å². The van der Waals surface area contributed by atoms with Crippen LogP contribution < -0.4 is 5.32 Å². The summed E-state index contributed by atoms with van der Waals surface area (Å²) in [4.78, 5) is 31.6. The summed E-state index contributed by atoms with van der Waals surface area (Å²) in [6, 6.07) is 7.84. The van der Waals surface area contributed by atoms with Crippen LogP contribution in [0.1, 0.15) is 50.3 Å². The van der Waals surface area contributed by atoms with Gasteiger partial charge in [0.25, 0.3) is 0 Å². The highest BCUT2D eigenvalue weighted by Gasteiger charge is 2.40. The lowest BCUT2D eigenvalue weighted by molar-refractivity contribution is -0.136. The van der Waals surface area contributed by atoms with Gasteiger partial charge in [-0.3, -0.25) is 4.79 Å². The van der Waals surface area contributed by atoms with Crippen molar-refractivity contribution < 1.29 is 14.3 Å². The number of carbonyl (C=O) groups excluding carboxylic acids is 2. The molecule has 2 aliphatic rings. The Morgan fingerprint density at radius 1 is 1.33 bits per heavy atom. The number of nitrogens with zero attached hydrogens (tertiary/aromatic N) is 2. The summed E-state index contributed by atoms with van der Waals surface area (Å²) < 4.78 is 5.08. The topological polar surface area (TPSA) is 71.0 Å². The molecule has 1 N–H and O–H groups in total. The maximum atomic E-state index is 12.7. The van der Waals surface area contributed by atoms with Crippen LogP contribution in [0.5, 0.6) is 0 Å². The van der Waals surface area contributed by atoms with Gasteiger partial charge in [-0.05, 0) is 29.4 Å². The highest BCUT2D eigenvalue weighted by molar-refractivity contribution is 8.16. The molecule has 7 heteroatoms. The van der Waals surface area contributed by atoms with E-state index in [1.54, 1.807) is 6.08 Å². The highest BCUT2D eigenvalue weighted by Crippen LogP contribution is 2.44. The maximum Gasteiger partial charge on any atom is 0.338 e. The molecule has 3 rings (SSSR count). The molecule has 1 aromatic carbocycles. The van der Waals surface area contributed by atoms with E-state index in [1.807, 2.05) is 29.4 Å². The molecular weight excluding hydrogens is 398 g/mol. The van der Waals surface area contributed by atoms with Crippen LogP contribution in [-0.4, -0.2) is 35.6 Å². The number of aliphatic imine (C=N–C) groups is 1. The van der Waals surface area contributed by atoms with Crippen LogP contribution in [0.2, 0.25) is 0 Å². The molecular formula is C23H27N3O3S. The Morgan fingerprint density at radius 2 is 2.03 bits per heavy atom. The summed E-state index contributed by atoms with van der Waals surface area (Å²) in [6.07, 6.45) is 1.83. The Balaban J connectivity index is 2.02. The van der Waals surface area contributed by atoms with Gasteiger partial charge in [0, 0.05) is 12.2 Å². The van der Waals surface area contributed by atoms with Crippen LogP contribution in [0, 0.1) is 0 Å². The number of esters is 1. The molecule has 0 saturated heterocycles. The molecule has 0 fully saturated rings. The quantitative estimate of drug-likeness (QED) is 0.522. The van der Waals surface area contributed by atoms with Gasteiger partial charge in [0.2, 0.25) is 5.91 Å². The van der Waals surface area contributed by atoms with E-state index in [4.69, 9.17) is 4.74 Å². The molecule has 30 heavy (non-hydrogen) atoms. The van der Waals surface area contributed by atoms with Gasteiger partial charge in [-0.1, -0.05) is 56.0 Å². The third kappa shape index (κ3) is 4.36. The van der Waals surface area contributed by atoms with Gasteiger partial charge in [0.05, 0.1) is 30.8 Å². The fourth-order valence-electron chi connectivity index (χ4n) is 3.53. The second-order valence-corrected chi connectivity index (χ2v) is 8.31. The lowest BCUT2D eigenvalue weighted by Crippen LogP contribution is -2.38. The van der Waals surface area contributed by atoms with E-state index in [0.717, 1.165) is 16.4 Å². The second kappa shape index (κ2) is 9.34. The number of hydrogen-bond acceptors (Lipinski definition) is 6. The van der Waals surface area contributed by atoms with Gasteiger partial charge >= 0.3 is 5.97 Å². The highest BCUT2D eigenvalue weighted by atomic mass is 32.2. The van der Waals surface area contributed by atoms with Crippen molar-refractivity contribution in [2.45, 2.75) is 39.2 Å². The zero-order chi connectivity index (χ0) is 21.8. The number of carbonyl (C=O) groups is 2. The first-order chi connectivity index (χ1) is 14.4. The van der Waals surface area contributed by atoms with Crippen molar-refractivity contribution in [3.63, 3.8) is 0 Å². The van der Waals surface area contributed by atoms with Crippen LogP contribution in [0.25, 0.3) is 0 Å². The Bertz CT molecular complexity index is 945. The first-order valence-corrected chi connectivity index (χ1v) is 10.8. The summed E-state index contributed by atoms with van der Waals surface area (Å²) in [5.74, 6) is -0.116. The van der Waals surface area contributed by atoms with Crippen molar-refractivity contribution in [3.8, 4) is 0 Å². The van der Waals surface area contributed by atoms with E-state index < -0.39 is 12.0 Å². The van der Waals surface area contributed by atoms with Crippen LogP contribution in [0.4, 0.5) is 0 Å². The van der Waals surface area contributed by atoms with E-state index in [2.05, 4.69) is 42.9 Å². The van der Waals surface area contributed by atoms with E-state index in [9.17, 15) is 9.59 Å². The van der Waals surface area contributed by atoms with Crippen LogP contribution in [0.15, 0.2) is 64.3 Å². The number of allylic oxidation sites excluding steroid dienone is 1. The largest absolute Gasteiger partial charge is 0.466 e. The van der Waals surface area contributed by atoms with Gasteiger partial charge in [0.1, 0.15) is 0 Å². The van der Waals surface area contributed by atoms with Crippen molar-refractivity contribution in [1.29, 1.82) is 0 Å². The fourth-order valence-corrected chi connectivity index (χ4v) is 4.50. The first-order valence-electron chi connectivity index (χ1n) is 9.87. The molecule has 1 atom stereocenters. The lowest BCUT2D eigenvalue weighted by atomic mass is 9.92. The SMILES string of the molecule is C=CCNC(=O)CC1=CSC2=NC(C)=C(C(=O)OC)[C@@H](c3ccc(C(C)C)cc3)N12. The molecule has 0 spiro atoms. The van der Waals surface area contributed by atoms with Crippen molar-refractivity contribution in [1.82, 2.24) is 10.2 Å². The molecule has 6 nitrogen and oxygen atoms in total. The number of hydrogen-bond donors (Lipinski definition) is 1. The molecule has 2 aliphatic heterocycles. The number of fused-ring (bicyclic) bond motifs is 1. The summed E-state index contributed by atoms with van der Waals surface area (Å²) >= 11 is 1.46. The third-order valence-electron chi connectivity index (χ3n) is 5.11. The van der Waals surface area contributed by atoms with E-state index >= 15 is 0 Å². The number of methoxy groups -OCH3 is 1. The minimum atomic E-state index is -0.416. The fraction of sp³-hybridized carbons (Fsp3) is 0.348. The summed E-state index contributed by atoms with van der Waals surface area (Å²) in [6.45, 7) is 10.1. The predicted octanol–water partition coefficient (Wildman–Crippen LogP) is 4.25. The first kappa shape index (κ1) is 21.9. The summed E-state index contributed by atoms with van der Waals surface area (Å²) in [5.41, 5.74) is 4.08. The number of amidine groups is 1. The van der Waals surface area contributed by atoms with Crippen LogP contribution >= 0.6 is 11.8 Å². The second-order valence-electron chi connectivity index (χ2n) is 7.48. The van der Waals surface area contributed by atoms with Crippen molar-refractivity contribution in [3.05, 3.63) is 70.4 Å². The molecule has 158 valence electrons. The van der Waals surface area contributed by atoms with Crippen LogP contribution in [0.3, 0.4) is 0 Å². The number of rotatable bonds is 7. The summed E-state index contributed by atoms with van der Waals surface area (Å²) in [7, 11) is 1.37.